The number of carbonyl (C=O) groups excluding carboxylic acids is 1. The molecule has 0 radical (unpaired) electrons. The molecule has 0 fully saturated rings. The lowest BCUT2D eigenvalue weighted by Gasteiger charge is -2.20. The van der Waals surface area contributed by atoms with Crippen LogP contribution in [-0.2, 0) is 11.3 Å². The van der Waals surface area contributed by atoms with Crippen molar-refractivity contribution >= 4 is 5.91 Å². The lowest BCUT2D eigenvalue weighted by atomic mass is 10.1. The molecule has 4 nitrogen and oxygen atoms in total. The van der Waals surface area contributed by atoms with E-state index in [9.17, 15) is 4.79 Å². The third-order valence-corrected chi connectivity index (χ3v) is 2.61. The van der Waals surface area contributed by atoms with Crippen LogP contribution in [0, 0.1) is 11.3 Å². The zero-order valence-electron chi connectivity index (χ0n) is 10.2. The summed E-state index contributed by atoms with van der Waals surface area (Å²) in [5, 5.41) is 8.78. The summed E-state index contributed by atoms with van der Waals surface area (Å²) >= 11 is 0. The fourth-order valence-corrected chi connectivity index (χ4v) is 1.55. The molecule has 0 unspecified atom stereocenters. The van der Waals surface area contributed by atoms with E-state index in [1.54, 1.807) is 24.1 Å². The molecule has 1 rings (SSSR count). The van der Waals surface area contributed by atoms with Gasteiger partial charge in [0.05, 0.1) is 17.7 Å². The van der Waals surface area contributed by atoms with Crippen LogP contribution >= 0.6 is 0 Å². The van der Waals surface area contributed by atoms with E-state index in [0.29, 0.717) is 18.5 Å². The second kappa shape index (κ2) is 6.02. The predicted molar refractivity (Wildman–Crippen MR) is 65.9 cm³/mol. The maximum absolute atomic E-state index is 11.8. The number of carbonyl (C=O) groups is 1. The van der Waals surface area contributed by atoms with Crippen molar-refractivity contribution in [2.24, 2.45) is 5.73 Å². The first-order valence-electron chi connectivity index (χ1n) is 5.58. The predicted octanol–water partition coefficient (Wildman–Crippen LogP) is 1.25. The van der Waals surface area contributed by atoms with Crippen molar-refractivity contribution in [3.8, 4) is 6.07 Å². The van der Waals surface area contributed by atoms with Crippen molar-refractivity contribution in [2.45, 2.75) is 25.9 Å². The van der Waals surface area contributed by atoms with Gasteiger partial charge in [0.15, 0.2) is 0 Å². The highest BCUT2D eigenvalue weighted by molar-refractivity contribution is 5.81. The number of nitrogens with two attached hydrogens (primary N) is 1. The van der Waals surface area contributed by atoms with Gasteiger partial charge in [-0.2, -0.15) is 5.26 Å². The largest absolute Gasteiger partial charge is 0.340 e. The lowest BCUT2D eigenvalue weighted by Crippen LogP contribution is -2.40. The molecule has 0 aliphatic carbocycles. The number of benzene rings is 1. The molecule has 0 bridgehead atoms. The van der Waals surface area contributed by atoms with Crippen molar-refractivity contribution in [3.05, 3.63) is 35.4 Å². The van der Waals surface area contributed by atoms with Gasteiger partial charge in [-0.3, -0.25) is 4.79 Å². The number of hydrogen-bond acceptors (Lipinski definition) is 3. The van der Waals surface area contributed by atoms with Gasteiger partial charge in [0, 0.05) is 13.6 Å². The number of amides is 1. The Kier molecular flexibility index (Phi) is 4.68. The summed E-state index contributed by atoms with van der Waals surface area (Å²) in [5.41, 5.74) is 7.22. The summed E-state index contributed by atoms with van der Waals surface area (Å²) in [7, 11) is 1.72. The summed E-state index contributed by atoms with van der Waals surface area (Å²) < 4.78 is 0. The zero-order chi connectivity index (χ0) is 12.8. The van der Waals surface area contributed by atoms with Crippen LogP contribution in [0.25, 0.3) is 0 Å². The number of hydrogen-bond donors (Lipinski definition) is 1. The van der Waals surface area contributed by atoms with E-state index in [1.165, 1.54) is 0 Å². The molecular weight excluding hydrogens is 214 g/mol. The fraction of sp³-hybridized carbons (Fsp3) is 0.385. The monoisotopic (exact) mass is 231 g/mol. The van der Waals surface area contributed by atoms with Crippen LogP contribution in [-0.4, -0.2) is 23.9 Å². The normalized spacial score (nSPS) is 11.6. The molecule has 90 valence electrons. The molecule has 0 aliphatic rings. The molecule has 1 atom stereocenters. The lowest BCUT2D eigenvalue weighted by molar-refractivity contribution is -0.131. The van der Waals surface area contributed by atoms with E-state index in [4.69, 9.17) is 11.0 Å². The van der Waals surface area contributed by atoms with Crippen molar-refractivity contribution in [2.75, 3.05) is 7.05 Å². The first kappa shape index (κ1) is 13.2. The average Bonchev–Trinajstić information content (AvgIpc) is 2.37. The number of rotatable bonds is 4. The van der Waals surface area contributed by atoms with E-state index in [2.05, 4.69) is 6.07 Å². The Labute approximate surface area is 102 Å². The Morgan fingerprint density at radius 3 is 2.88 bits per heavy atom. The van der Waals surface area contributed by atoms with Crippen LogP contribution in [0.4, 0.5) is 0 Å². The van der Waals surface area contributed by atoms with Gasteiger partial charge in [0.1, 0.15) is 0 Å². The molecule has 0 saturated carbocycles. The van der Waals surface area contributed by atoms with Crippen molar-refractivity contribution in [1.29, 1.82) is 5.26 Å². The van der Waals surface area contributed by atoms with Gasteiger partial charge in [0.25, 0.3) is 0 Å². The maximum Gasteiger partial charge on any atom is 0.239 e. The summed E-state index contributed by atoms with van der Waals surface area (Å²) in [6, 6.07) is 8.85. The summed E-state index contributed by atoms with van der Waals surface area (Å²) in [6.45, 7) is 2.36. The molecule has 1 amide bonds. The highest BCUT2D eigenvalue weighted by Gasteiger charge is 2.16. The van der Waals surface area contributed by atoms with Crippen LogP contribution in [0.2, 0.25) is 0 Å². The molecule has 1 aromatic carbocycles. The molecule has 0 aromatic heterocycles. The first-order chi connectivity index (χ1) is 8.08. The number of nitriles is 1. The van der Waals surface area contributed by atoms with E-state index >= 15 is 0 Å². The van der Waals surface area contributed by atoms with Gasteiger partial charge < -0.3 is 10.6 Å². The molecule has 4 heteroatoms. The minimum atomic E-state index is -0.445. The Balaban J connectivity index is 2.71. The Bertz CT molecular complexity index is 437. The van der Waals surface area contributed by atoms with Gasteiger partial charge in [-0.25, -0.2) is 0 Å². The number of likely N-dealkylation sites (N-methyl/N-ethyl adjacent to an activating group) is 1. The molecular formula is C13H17N3O. The van der Waals surface area contributed by atoms with Crippen LogP contribution in [0.15, 0.2) is 24.3 Å². The van der Waals surface area contributed by atoms with Crippen LogP contribution < -0.4 is 5.73 Å². The zero-order valence-corrected chi connectivity index (χ0v) is 10.2. The topological polar surface area (TPSA) is 70.1 Å². The van der Waals surface area contributed by atoms with Crippen LogP contribution in [0.1, 0.15) is 24.5 Å². The highest BCUT2D eigenvalue weighted by Crippen LogP contribution is 2.07. The Hall–Kier alpha value is -1.86. The van der Waals surface area contributed by atoms with E-state index in [1.807, 2.05) is 19.1 Å². The average molecular weight is 231 g/mol. The van der Waals surface area contributed by atoms with Gasteiger partial charge in [-0.05, 0) is 24.1 Å². The van der Waals surface area contributed by atoms with E-state index in [0.717, 1.165) is 5.56 Å². The van der Waals surface area contributed by atoms with Crippen molar-refractivity contribution < 1.29 is 4.79 Å². The second-order valence-corrected chi connectivity index (χ2v) is 4.02. The van der Waals surface area contributed by atoms with E-state index < -0.39 is 6.04 Å². The van der Waals surface area contributed by atoms with Gasteiger partial charge >= 0.3 is 0 Å². The van der Waals surface area contributed by atoms with Gasteiger partial charge in [0.2, 0.25) is 5.91 Å². The fourth-order valence-electron chi connectivity index (χ4n) is 1.55. The SMILES string of the molecule is CC[C@H](N)C(=O)N(C)Cc1cccc(C#N)c1. The summed E-state index contributed by atoms with van der Waals surface area (Å²) in [6.07, 6.45) is 0.626. The van der Waals surface area contributed by atoms with Crippen LogP contribution in [0.5, 0.6) is 0 Å². The molecule has 0 heterocycles. The Morgan fingerprint density at radius 1 is 1.59 bits per heavy atom. The summed E-state index contributed by atoms with van der Waals surface area (Å²) in [5.74, 6) is -0.0742. The Morgan fingerprint density at radius 2 is 2.29 bits per heavy atom. The maximum atomic E-state index is 11.8. The minimum Gasteiger partial charge on any atom is -0.340 e. The number of nitrogens with zero attached hydrogens (tertiary/aromatic N) is 2. The van der Waals surface area contributed by atoms with Crippen LogP contribution in [0.3, 0.4) is 0 Å². The molecule has 17 heavy (non-hydrogen) atoms. The molecule has 0 saturated heterocycles. The van der Waals surface area contributed by atoms with Gasteiger partial charge in [-0.15, -0.1) is 0 Å². The highest BCUT2D eigenvalue weighted by atomic mass is 16.2. The van der Waals surface area contributed by atoms with Crippen molar-refractivity contribution in [1.82, 2.24) is 4.90 Å². The minimum absolute atomic E-state index is 0.0742. The second-order valence-electron chi connectivity index (χ2n) is 4.02. The van der Waals surface area contributed by atoms with Gasteiger partial charge in [-0.1, -0.05) is 19.1 Å². The molecule has 1 aromatic rings. The smallest absolute Gasteiger partial charge is 0.239 e. The third-order valence-electron chi connectivity index (χ3n) is 2.61. The standard InChI is InChI=1S/C13H17N3O/c1-3-12(15)13(17)16(2)9-11-6-4-5-10(7-11)8-14/h4-7,12H,3,9,15H2,1-2H3/t12-/m0/s1. The molecule has 0 aliphatic heterocycles. The quantitative estimate of drug-likeness (QED) is 0.847. The van der Waals surface area contributed by atoms with E-state index in [-0.39, 0.29) is 5.91 Å². The van der Waals surface area contributed by atoms with Crippen molar-refractivity contribution in [3.63, 3.8) is 0 Å². The third kappa shape index (κ3) is 3.58. The first-order valence-corrected chi connectivity index (χ1v) is 5.58. The molecule has 0 spiro atoms. The summed E-state index contributed by atoms with van der Waals surface area (Å²) in [4.78, 5) is 13.4. The molecule has 2 N–H and O–H groups in total.